The molecule has 7 nitrogen and oxygen atoms in total. The number of nitrogens with one attached hydrogen (secondary N) is 3. The molecule has 27 heavy (non-hydrogen) atoms. The van der Waals surface area contributed by atoms with E-state index in [1.807, 2.05) is 41.5 Å². The molecule has 0 bridgehead atoms. The quantitative estimate of drug-likeness (QED) is 0.441. The zero-order chi connectivity index (χ0) is 20.8. The van der Waals surface area contributed by atoms with E-state index in [0.717, 1.165) is 51.6 Å². The third-order valence-corrected chi connectivity index (χ3v) is 3.40. The maximum Gasteiger partial charge on any atom is 0.407 e. The first-order valence-electron chi connectivity index (χ1n) is 10.1. The Morgan fingerprint density at radius 2 is 0.926 bits per heavy atom. The second kappa shape index (κ2) is 13.6. The van der Waals surface area contributed by atoms with E-state index in [-0.39, 0.29) is 12.2 Å². The highest BCUT2D eigenvalue weighted by Gasteiger charge is 2.16. The number of amides is 2. The van der Waals surface area contributed by atoms with Crippen LogP contribution in [0.2, 0.25) is 0 Å². The standard InChI is InChI=1S/C20H41N3O4/c1-19(2,3)26-17(24)22-15-11-7-9-13-21-14-10-8-12-16-23-18(25)27-20(4,5)6/h21H,7-16H2,1-6H3,(H,22,24)(H,23,25). The van der Waals surface area contributed by atoms with Crippen LogP contribution in [0.25, 0.3) is 0 Å². The molecule has 0 spiro atoms. The van der Waals surface area contributed by atoms with Crippen LogP contribution in [0, 0.1) is 0 Å². The third-order valence-electron chi connectivity index (χ3n) is 3.40. The predicted octanol–water partition coefficient (Wildman–Crippen LogP) is 3.97. The molecule has 2 amide bonds. The van der Waals surface area contributed by atoms with E-state index in [1.54, 1.807) is 0 Å². The van der Waals surface area contributed by atoms with Crippen molar-refractivity contribution in [3.63, 3.8) is 0 Å². The normalized spacial score (nSPS) is 11.8. The van der Waals surface area contributed by atoms with Crippen molar-refractivity contribution in [1.29, 1.82) is 0 Å². The van der Waals surface area contributed by atoms with E-state index in [0.29, 0.717) is 13.1 Å². The molecule has 0 aromatic carbocycles. The zero-order valence-electron chi connectivity index (χ0n) is 18.2. The van der Waals surface area contributed by atoms with Crippen LogP contribution >= 0.6 is 0 Å². The van der Waals surface area contributed by atoms with Gasteiger partial charge in [0, 0.05) is 13.1 Å². The molecule has 0 aliphatic rings. The fourth-order valence-electron chi connectivity index (χ4n) is 2.24. The van der Waals surface area contributed by atoms with Gasteiger partial charge in [-0.05, 0) is 80.3 Å². The Hall–Kier alpha value is -1.50. The van der Waals surface area contributed by atoms with Gasteiger partial charge in [0.05, 0.1) is 0 Å². The SMILES string of the molecule is CC(C)(C)OC(=O)NCCCCCNCCCCCNC(=O)OC(C)(C)C. The first-order chi connectivity index (χ1) is 12.5. The maximum atomic E-state index is 11.5. The summed E-state index contributed by atoms with van der Waals surface area (Å²) in [5.74, 6) is 0. The fraction of sp³-hybridized carbons (Fsp3) is 0.900. The van der Waals surface area contributed by atoms with E-state index < -0.39 is 11.2 Å². The Morgan fingerprint density at radius 3 is 1.26 bits per heavy atom. The van der Waals surface area contributed by atoms with Gasteiger partial charge in [-0.2, -0.15) is 0 Å². The predicted molar refractivity (Wildman–Crippen MR) is 109 cm³/mol. The number of hydrogen-bond donors (Lipinski definition) is 3. The Labute approximate surface area is 165 Å². The van der Waals surface area contributed by atoms with Crippen molar-refractivity contribution in [3.8, 4) is 0 Å². The Morgan fingerprint density at radius 1 is 0.593 bits per heavy atom. The lowest BCUT2D eigenvalue weighted by atomic mass is 10.2. The minimum atomic E-state index is -0.445. The number of hydrogen-bond acceptors (Lipinski definition) is 5. The van der Waals surface area contributed by atoms with E-state index in [1.165, 1.54) is 0 Å². The summed E-state index contributed by atoms with van der Waals surface area (Å²) in [5.41, 5.74) is -0.889. The number of rotatable bonds is 12. The van der Waals surface area contributed by atoms with Crippen molar-refractivity contribution in [2.75, 3.05) is 26.2 Å². The van der Waals surface area contributed by atoms with Crippen LogP contribution in [-0.2, 0) is 9.47 Å². The zero-order valence-corrected chi connectivity index (χ0v) is 18.2. The van der Waals surface area contributed by atoms with Crippen LogP contribution in [0.4, 0.5) is 9.59 Å². The van der Waals surface area contributed by atoms with Crippen LogP contribution in [0.15, 0.2) is 0 Å². The molecule has 0 saturated carbocycles. The molecule has 0 saturated heterocycles. The summed E-state index contributed by atoms with van der Waals surface area (Å²) in [6.45, 7) is 14.4. The van der Waals surface area contributed by atoms with Gasteiger partial charge in [0.15, 0.2) is 0 Å². The van der Waals surface area contributed by atoms with Crippen LogP contribution in [0.3, 0.4) is 0 Å². The minimum absolute atomic E-state index is 0.346. The highest BCUT2D eigenvalue weighted by Crippen LogP contribution is 2.07. The number of unbranched alkanes of at least 4 members (excludes halogenated alkanes) is 4. The van der Waals surface area contributed by atoms with E-state index in [4.69, 9.17) is 9.47 Å². The first-order valence-corrected chi connectivity index (χ1v) is 10.1. The third kappa shape index (κ3) is 20.7. The summed E-state index contributed by atoms with van der Waals surface area (Å²) in [4.78, 5) is 22.9. The number of alkyl carbamates (subject to hydrolysis) is 2. The second-order valence-electron chi connectivity index (χ2n) is 8.73. The van der Waals surface area contributed by atoms with Gasteiger partial charge in [-0.15, -0.1) is 0 Å². The summed E-state index contributed by atoms with van der Waals surface area (Å²) in [6, 6.07) is 0. The van der Waals surface area contributed by atoms with Crippen molar-refractivity contribution in [2.24, 2.45) is 0 Å². The molecule has 3 N–H and O–H groups in total. The van der Waals surface area contributed by atoms with Crippen molar-refractivity contribution >= 4 is 12.2 Å². The topological polar surface area (TPSA) is 88.7 Å². The van der Waals surface area contributed by atoms with E-state index in [2.05, 4.69) is 16.0 Å². The molecule has 0 atom stereocenters. The molecule has 0 unspecified atom stereocenters. The van der Waals surface area contributed by atoms with Crippen LogP contribution in [0.5, 0.6) is 0 Å². The Kier molecular flexibility index (Phi) is 12.9. The largest absolute Gasteiger partial charge is 0.444 e. The molecule has 7 heteroatoms. The minimum Gasteiger partial charge on any atom is -0.444 e. The molecule has 0 fully saturated rings. The lowest BCUT2D eigenvalue weighted by Gasteiger charge is -2.19. The van der Waals surface area contributed by atoms with Gasteiger partial charge in [-0.25, -0.2) is 9.59 Å². The van der Waals surface area contributed by atoms with Crippen molar-refractivity contribution < 1.29 is 19.1 Å². The number of carbonyl (C=O) groups excluding carboxylic acids is 2. The van der Waals surface area contributed by atoms with Crippen LogP contribution in [0.1, 0.15) is 80.1 Å². The molecule has 0 aromatic heterocycles. The highest BCUT2D eigenvalue weighted by molar-refractivity contribution is 5.67. The molecule has 160 valence electrons. The summed E-state index contributed by atoms with van der Waals surface area (Å²) in [7, 11) is 0. The molecule has 0 radical (unpaired) electrons. The second-order valence-corrected chi connectivity index (χ2v) is 8.73. The molecule has 0 aliphatic carbocycles. The van der Waals surface area contributed by atoms with E-state index in [9.17, 15) is 9.59 Å². The smallest absolute Gasteiger partial charge is 0.407 e. The molecular formula is C20H41N3O4. The van der Waals surface area contributed by atoms with Crippen LogP contribution < -0.4 is 16.0 Å². The number of ether oxygens (including phenoxy) is 2. The average Bonchev–Trinajstić information content (AvgIpc) is 2.48. The lowest BCUT2D eigenvalue weighted by molar-refractivity contribution is 0.0515. The highest BCUT2D eigenvalue weighted by atomic mass is 16.6. The van der Waals surface area contributed by atoms with E-state index >= 15 is 0 Å². The average molecular weight is 388 g/mol. The summed E-state index contributed by atoms with van der Waals surface area (Å²) < 4.78 is 10.4. The van der Waals surface area contributed by atoms with Gasteiger partial charge in [0.25, 0.3) is 0 Å². The van der Waals surface area contributed by atoms with Gasteiger partial charge in [0.1, 0.15) is 11.2 Å². The van der Waals surface area contributed by atoms with Gasteiger partial charge >= 0.3 is 12.2 Å². The molecule has 0 rings (SSSR count). The van der Waals surface area contributed by atoms with Crippen LogP contribution in [-0.4, -0.2) is 49.6 Å². The van der Waals surface area contributed by atoms with Gasteiger partial charge in [0.2, 0.25) is 0 Å². The van der Waals surface area contributed by atoms with Gasteiger partial charge in [-0.3, -0.25) is 0 Å². The molecule has 0 heterocycles. The maximum absolute atomic E-state index is 11.5. The fourth-order valence-corrected chi connectivity index (χ4v) is 2.24. The lowest BCUT2D eigenvalue weighted by Crippen LogP contribution is -2.33. The van der Waals surface area contributed by atoms with Crippen molar-refractivity contribution in [1.82, 2.24) is 16.0 Å². The monoisotopic (exact) mass is 387 g/mol. The molecule has 0 aliphatic heterocycles. The molecule has 0 aromatic rings. The van der Waals surface area contributed by atoms with Gasteiger partial charge < -0.3 is 25.4 Å². The molecular weight excluding hydrogens is 346 g/mol. The summed E-state index contributed by atoms with van der Waals surface area (Å²) in [6.07, 6.45) is 5.55. The first kappa shape index (κ1) is 25.5. The van der Waals surface area contributed by atoms with Crippen molar-refractivity contribution in [3.05, 3.63) is 0 Å². The summed E-state index contributed by atoms with van der Waals surface area (Å²) in [5, 5.41) is 8.96. The van der Waals surface area contributed by atoms with Crippen molar-refractivity contribution in [2.45, 2.75) is 91.3 Å². The Balaban J connectivity index is 3.30. The van der Waals surface area contributed by atoms with Gasteiger partial charge in [-0.1, -0.05) is 12.8 Å². The Bertz CT molecular complexity index is 376. The summed E-state index contributed by atoms with van der Waals surface area (Å²) >= 11 is 0. The number of carbonyl (C=O) groups is 2.